The molecule has 0 bridgehead atoms. The van der Waals surface area contributed by atoms with Gasteiger partial charge < -0.3 is 28.8 Å². The maximum atomic E-state index is 11.9. The number of hydrogen-bond acceptors (Lipinski definition) is 6. The first-order chi connectivity index (χ1) is 21.2. The van der Waals surface area contributed by atoms with Crippen molar-refractivity contribution in [2.75, 3.05) is 0 Å². The summed E-state index contributed by atoms with van der Waals surface area (Å²) in [4.78, 5) is 0. The first kappa shape index (κ1) is 30.7. The Morgan fingerprint density at radius 1 is 0.465 bits per heavy atom. The largest absolute Gasteiger partial charge is 0.493 e. The van der Waals surface area contributed by atoms with E-state index in [1.807, 2.05) is 134 Å². The van der Waals surface area contributed by atoms with Gasteiger partial charge in [-0.05, 0) is 29.2 Å². The second-order valence-electron chi connectivity index (χ2n) is 10.6. The van der Waals surface area contributed by atoms with Crippen molar-refractivity contribution in [1.29, 1.82) is 0 Å². The van der Waals surface area contributed by atoms with Crippen molar-refractivity contribution in [2.45, 2.75) is 70.0 Å². The molecule has 1 saturated carbocycles. The van der Waals surface area contributed by atoms with Crippen molar-refractivity contribution in [2.24, 2.45) is 0 Å². The number of aliphatic hydroxyl groups is 1. The first-order valence-electron chi connectivity index (χ1n) is 14.8. The summed E-state index contributed by atoms with van der Waals surface area (Å²) >= 11 is 0. The van der Waals surface area contributed by atoms with E-state index in [-0.39, 0.29) is 0 Å². The monoisotopic (exact) mass is 580 g/mol. The van der Waals surface area contributed by atoms with Gasteiger partial charge in [-0.1, -0.05) is 127 Å². The summed E-state index contributed by atoms with van der Waals surface area (Å²) in [5.74, 6) is 0. The van der Waals surface area contributed by atoms with Crippen molar-refractivity contribution >= 4 is 0 Å². The zero-order valence-corrected chi connectivity index (χ0v) is 24.5. The fourth-order valence-electron chi connectivity index (χ4n) is 5.29. The van der Waals surface area contributed by atoms with Gasteiger partial charge in [0, 0.05) is 0 Å². The van der Waals surface area contributed by atoms with E-state index in [4.69, 9.17) is 23.7 Å². The molecule has 6 heteroatoms. The third-order valence-corrected chi connectivity index (χ3v) is 7.48. The van der Waals surface area contributed by atoms with Crippen molar-refractivity contribution in [1.82, 2.24) is 0 Å². The Bertz CT molecular complexity index is 1350. The lowest BCUT2D eigenvalue weighted by Crippen LogP contribution is -2.66. The smallest absolute Gasteiger partial charge is 0.155 e. The summed E-state index contributed by atoms with van der Waals surface area (Å²) in [6.07, 6.45) is -1.08. The van der Waals surface area contributed by atoms with Gasteiger partial charge in [0.25, 0.3) is 0 Å². The van der Waals surface area contributed by atoms with Gasteiger partial charge in [-0.25, -0.2) is 0 Å². The quantitative estimate of drug-likeness (QED) is 0.169. The Morgan fingerprint density at radius 2 is 0.767 bits per heavy atom. The molecule has 0 spiro atoms. The Morgan fingerprint density at radius 3 is 1.12 bits per heavy atom. The van der Waals surface area contributed by atoms with Gasteiger partial charge in [-0.15, -0.1) is 0 Å². The third kappa shape index (κ3) is 8.63. The predicted octanol–water partition coefficient (Wildman–Crippen LogP) is 6.62. The summed E-state index contributed by atoms with van der Waals surface area (Å²) in [7, 11) is 0. The van der Waals surface area contributed by atoms with E-state index in [1.54, 1.807) is 6.26 Å². The lowest BCUT2D eigenvalue weighted by Gasteiger charge is -2.48. The molecule has 1 N–H and O–H groups in total. The summed E-state index contributed by atoms with van der Waals surface area (Å²) in [6, 6.07) is 39.7. The first-order valence-corrected chi connectivity index (χ1v) is 14.8. The Labute approximate surface area is 254 Å². The topological polar surface area (TPSA) is 66.4 Å². The number of aliphatic hydroxyl groups excluding tert-OH is 1. The zero-order valence-electron chi connectivity index (χ0n) is 24.5. The average molecular weight is 581 g/mol. The van der Waals surface area contributed by atoms with E-state index in [0.29, 0.717) is 26.4 Å². The number of benzene rings is 4. The SMILES string of the molecule is C/C=C\O[C@H]1[C@@H](OCc2ccccc2)[C@@H](OCc2ccccc2)[C@H](OCc2ccccc2)[C@@H](O)[C@@H]1OCc1ccccc1. The number of allylic oxidation sites excluding steroid dienone is 1. The van der Waals surface area contributed by atoms with Crippen LogP contribution in [-0.2, 0) is 50.1 Å². The van der Waals surface area contributed by atoms with Crippen LogP contribution >= 0.6 is 0 Å². The van der Waals surface area contributed by atoms with Crippen LogP contribution in [0.25, 0.3) is 0 Å². The molecule has 1 fully saturated rings. The van der Waals surface area contributed by atoms with Crippen LogP contribution in [0.15, 0.2) is 134 Å². The van der Waals surface area contributed by atoms with Crippen LogP contribution in [0.3, 0.4) is 0 Å². The lowest BCUT2D eigenvalue weighted by atomic mass is 9.83. The van der Waals surface area contributed by atoms with Crippen LogP contribution < -0.4 is 0 Å². The van der Waals surface area contributed by atoms with Crippen molar-refractivity contribution in [3.63, 3.8) is 0 Å². The van der Waals surface area contributed by atoms with Gasteiger partial charge in [-0.2, -0.15) is 0 Å². The molecule has 224 valence electrons. The molecule has 0 saturated heterocycles. The Hall–Kier alpha value is -3.78. The molecule has 1 aliphatic rings. The van der Waals surface area contributed by atoms with Gasteiger partial charge in [0.15, 0.2) is 6.10 Å². The van der Waals surface area contributed by atoms with Crippen LogP contribution in [0.1, 0.15) is 29.2 Å². The molecule has 0 amide bonds. The van der Waals surface area contributed by atoms with E-state index in [9.17, 15) is 5.11 Å². The van der Waals surface area contributed by atoms with E-state index in [0.717, 1.165) is 22.3 Å². The van der Waals surface area contributed by atoms with E-state index < -0.39 is 36.6 Å². The third-order valence-electron chi connectivity index (χ3n) is 7.48. The highest BCUT2D eigenvalue weighted by molar-refractivity contribution is 5.17. The molecule has 4 aromatic carbocycles. The number of rotatable bonds is 14. The molecular weight excluding hydrogens is 540 g/mol. The Kier molecular flexibility index (Phi) is 11.5. The van der Waals surface area contributed by atoms with Crippen molar-refractivity contribution in [3.8, 4) is 0 Å². The molecule has 43 heavy (non-hydrogen) atoms. The molecule has 4 aromatic rings. The van der Waals surface area contributed by atoms with Crippen LogP contribution in [0.4, 0.5) is 0 Å². The second-order valence-corrected chi connectivity index (χ2v) is 10.6. The molecule has 5 rings (SSSR count). The molecule has 0 unspecified atom stereocenters. The molecule has 6 nitrogen and oxygen atoms in total. The highest BCUT2D eigenvalue weighted by Gasteiger charge is 2.54. The highest BCUT2D eigenvalue weighted by Crippen LogP contribution is 2.34. The molecule has 0 radical (unpaired) electrons. The molecule has 0 heterocycles. The normalized spacial score (nSPS) is 23.8. The van der Waals surface area contributed by atoms with Crippen LogP contribution in [-0.4, -0.2) is 41.7 Å². The summed E-state index contributed by atoms with van der Waals surface area (Å²) in [6.45, 7) is 3.13. The fourth-order valence-corrected chi connectivity index (χ4v) is 5.29. The van der Waals surface area contributed by atoms with Gasteiger partial charge in [0.1, 0.15) is 30.5 Å². The van der Waals surface area contributed by atoms with Gasteiger partial charge in [-0.3, -0.25) is 0 Å². The lowest BCUT2D eigenvalue weighted by molar-refractivity contribution is -0.273. The van der Waals surface area contributed by atoms with E-state index in [1.165, 1.54) is 0 Å². The standard InChI is InChI=1S/C37H40O6/c1-2-23-39-35-33(40-24-28-15-7-3-8-16-28)32(38)34(41-25-29-17-9-4-10-18-29)36(42-26-30-19-11-5-12-20-30)37(35)43-27-31-21-13-6-14-22-31/h2-23,32-38H,24-27H2,1H3/b23-2-/t32-,33-,34+,35+,36-,37+/m0/s1. The second kappa shape index (κ2) is 16.2. The zero-order chi connectivity index (χ0) is 29.7. The minimum absolute atomic E-state index is 0.296. The summed E-state index contributed by atoms with van der Waals surface area (Å²) in [5, 5.41) is 11.9. The summed E-state index contributed by atoms with van der Waals surface area (Å²) < 4.78 is 32.4. The maximum Gasteiger partial charge on any atom is 0.155 e. The molecule has 0 aliphatic heterocycles. The molecule has 0 aromatic heterocycles. The van der Waals surface area contributed by atoms with Crippen LogP contribution in [0.2, 0.25) is 0 Å². The minimum Gasteiger partial charge on any atom is -0.493 e. The van der Waals surface area contributed by atoms with Crippen LogP contribution in [0.5, 0.6) is 0 Å². The number of ether oxygens (including phenoxy) is 5. The van der Waals surface area contributed by atoms with Crippen molar-refractivity contribution < 1.29 is 28.8 Å². The molecule has 1 aliphatic carbocycles. The fraction of sp³-hybridized carbons (Fsp3) is 0.297. The van der Waals surface area contributed by atoms with E-state index in [2.05, 4.69) is 0 Å². The van der Waals surface area contributed by atoms with Gasteiger partial charge >= 0.3 is 0 Å². The Balaban J connectivity index is 1.47. The van der Waals surface area contributed by atoms with Gasteiger partial charge in [0.05, 0.1) is 32.7 Å². The van der Waals surface area contributed by atoms with Crippen molar-refractivity contribution in [3.05, 3.63) is 156 Å². The van der Waals surface area contributed by atoms with Crippen LogP contribution in [0, 0.1) is 0 Å². The van der Waals surface area contributed by atoms with E-state index >= 15 is 0 Å². The highest BCUT2D eigenvalue weighted by atomic mass is 16.6. The number of hydrogen-bond donors (Lipinski definition) is 1. The van der Waals surface area contributed by atoms with Gasteiger partial charge in [0.2, 0.25) is 0 Å². The predicted molar refractivity (Wildman–Crippen MR) is 166 cm³/mol. The summed E-state index contributed by atoms with van der Waals surface area (Å²) in [5.41, 5.74) is 4.01. The average Bonchev–Trinajstić information content (AvgIpc) is 3.06. The maximum absolute atomic E-state index is 11.9. The minimum atomic E-state index is -1.06. The molecular formula is C37H40O6. The molecule has 6 atom stereocenters.